The van der Waals surface area contributed by atoms with Crippen LogP contribution in [0, 0.1) is 12.8 Å². The van der Waals surface area contributed by atoms with Gasteiger partial charge in [-0.1, -0.05) is 49.8 Å². The molecule has 0 aromatic heterocycles. The first-order valence-corrected chi connectivity index (χ1v) is 8.19. The second kappa shape index (κ2) is 7.68. The van der Waals surface area contributed by atoms with E-state index in [2.05, 4.69) is 25.1 Å². The van der Waals surface area contributed by atoms with Crippen LogP contribution in [0.5, 0.6) is 5.75 Å². The fourth-order valence-electron chi connectivity index (χ4n) is 3.29. The predicted molar refractivity (Wildman–Crippen MR) is 85.1 cm³/mol. The van der Waals surface area contributed by atoms with Gasteiger partial charge in [0.2, 0.25) is 0 Å². The first-order chi connectivity index (χ1) is 9.70. The highest BCUT2D eigenvalue weighted by molar-refractivity contribution is 5.39. The van der Waals surface area contributed by atoms with Gasteiger partial charge in [-0.2, -0.15) is 0 Å². The van der Waals surface area contributed by atoms with E-state index in [1.807, 2.05) is 6.92 Å². The Morgan fingerprint density at radius 1 is 1.25 bits per heavy atom. The van der Waals surface area contributed by atoms with E-state index in [4.69, 9.17) is 10.5 Å². The molecule has 112 valence electrons. The van der Waals surface area contributed by atoms with E-state index in [0.717, 1.165) is 18.1 Å². The van der Waals surface area contributed by atoms with Crippen molar-refractivity contribution < 1.29 is 4.74 Å². The van der Waals surface area contributed by atoms with Crippen LogP contribution in [0.4, 0.5) is 0 Å². The third-order valence-corrected chi connectivity index (χ3v) is 4.48. The fourth-order valence-corrected chi connectivity index (χ4v) is 3.29. The average molecular weight is 275 g/mol. The van der Waals surface area contributed by atoms with E-state index < -0.39 is 0 Å². The van der Waals surface area contributed by atoms with Gasteiger partial charge in [-0.3, -0.25) is 0 Å². The molecule has 0 bridgehead atoms. The molecule has 1 saturated carbocycles. The molecule has 1 aromatic rings. The summed E-state index contributed by atoms with van der Waals surface area (Å²) in [4.78, 5) is 0. The lowest BCUT2D eigenvalue weighted by Gasteiger charge is -2.24. The van der Waals surface area contributed by atoms with Crippen LogP contribution in [0.3, 0.4) is 0 Å². The minimum Gasteiger partial charge on any atom is -0.494 e. The van der Waals surface area contributed by atoms with E-state index in [-0.39, 0.29) is 6.04 Å². The molecule has 1 aliphatic carbocycles. The van der Waals surface area contributed by atoms with Crippen LogP contribution in [-0.2, 0) is 0 Å². The lowest BCUT2D eigenvalue weighted by molar-refractivity contribution is 0.315. The van der Waals surface area contributed by atoms with Crippen LogP contribution in [0.2, 0.25) is 0 Å². The van der Waals surface area contributed by atoms with Gasteiger partial charge in [-0.05, 0) is 38.7 Å². The van der Waals surface area contributed by atoms with Gasteiger partial charge in [-0.15, -0.1) is 0 Å². The van der Waals surface area contributed by atoms with Crippen molar-refractivity contribution in [3.8, 4) is 5.75 Å². The van der Waals surface area contributed by atoms with E-state index in [1.165, 1.54) is 49.7 Å². The Bertz CT molecular complexity index is 410. The van der Waals surface area contributed by atoms with Gasteiger partial charge in [-0.25, -0.2) is 0 Å². The normalized spacial score (nSPS) is 17.9. The lowest BCUT2D eigenvalue weighted by Crippen LogP contribution is -2.15. The molecular weight excluding hydrogens is 246 g/mol. The summed E-state index contributed by atoms with van der Waals surface area (Å²) >= 11 is 0. The number of ether oxygens (including phenoxy) is 1. The number of benzene rings is 1. The van der Waals surface area contributed by atoms with Crippen molar-refractivity contribution in [3.05, 3.63) is 29.3 Å². The first kappa shape index (κ1) is 15.4. The minimum absolute atomic E-state index is 0.110. The number of nitrogens with two attached hydrogens (primary N) is 1. The number of rotatable bonds is 6. The molecule has 1 atom stereocenters. The van der Waals surface area contributed by atoms with E-state index in [0.29, 0.717) is 6.61 Å². The van der Waals surface area contributed by atoms with Gasteiger partial charge in [0, 0.05) is 11.6 Å². The topological polar surface area (TPSA) is 35.2 Å². The highest BCUT2D eigenvalue weighted by Gasteiger charge is 2.17. The smallest absolute Gasteiger partial charge is 0.124 e. The molecule has 0 aliphatic heterocycles. The second-order valence-electron chi connectivity index (χ2n) is 6.16. The largest absolute Gasteiger partial charge is 0.494 e. The summed E-state index contributed by atoms with van der Waals surface area (Å²) in [7, 11) is 0. The van der Waals surface area contributed by atoms with Gasteiger partial charge in [0.15, 0.2) is 0 Å². The Hall–Kier alpha value is -1.02. The predicted octanol–water partition coefficient (Wildman–Crippen LogP) is 4.75. The maximum absolute atomic E-state index is 6.43. The van der Waals surface area contributed by atoms with Crippen molar-refractivity contribution in [2.45, 2.75) is 64.8 Å². The molecule has 1 aromatic carbocycles. The molecule has 0 heterocycles. The molecule has 0 radical (unpaired) electrons. The average Bonchev–Trinajstić information content (AvgIpc) is 2.48. The molecule has 0 spiro atoms. The molecule has 2 N–H and O–H groups in total. The molecule has 1 unspecified atom stereocenters. The molecule has 0 saturated heterocycles. The standard InChI is InChI=1S/C18H29NO/c1-3-20-18-12-9-14(2)13-16(18)17(19)11-10-15-7-5-4-6-8-15/h9,12-13,15,17H,3-8,10-11,19H2,1-2H3. The molecule has 2 heteroatoms. The molecule has 0 amide bonds. The quantitative estimate of drug-likeness (QED) is 0.812. The molecule has 2 nitrogen and oxygen atoms in total. The van der Waals surface area contributed by atoms with Crippen LogP contribution in [0.15, 0.2) is 18.2 Å². The van der Waals surface area contributed by atoms with Crippen LogP contribution in [0.25, 0.3) is 0 Å². The Morgan fingerprint density at radius 2 is 2.00 bits per heavy atom. The van der Waals surface area contributed by atoms with Crippen molar-refractivity contribution in [2.75, 3.05) is 6.61 Å². The van der Waals surface area contributed by atoms with E-state index in [9.17, 15) is 0 Å². The summed E-state index contributed by atoms with van der Waals surface area (Å²) in [5.74, 6) is 1.87. The van der Waals surface area contributed by atoms with Crippen LogP contribution >= 0.6 is 0 Å². The van der Waals surface area contributed by atoms with Crippen molar-refractivity contribution in [1.29, 1.82) is 0 Å². The maximum Gasteiger partial charge on any atom is 0.124 e. The molecule has 1 aliphatic rings. The Morgan fingerprint density at radius 3 is 2.70 bits per heavy atom. The zero-order valence-electron chi connectivity index (χ0n) is 13.0. The summed E-state index contributed by atoms with van der Waals surface area (Å²) in [5.41, 5.74) is 8.88. The lowest BCUT2D eigenvalue weighted by atomic mass is 9.84. The minimum atomic E-state index is 0.110. The van der Waals surface area contributed by atoms with Crippen LogP contribution < -0.4 is 10.5 Å². The van der Waals surface area contributed by atoms with Gasteiger partial charge in [0.05, 0.1) is 6.61 Å². The fraction of sp³-hybridized carbons (Fsp3) is 0.667. The molecular formula is C18H29NO. The zero-order chi connectivity index (χ0) is 14.4. The van der Waals surface area contributed by atoms with Gasteiger partial charge >= 0.3 is 0 Å². The summed E-state index contributed by atoms with van der Waals surface area (Å²) in [6.45, 7) is 4.84. The SMILES string of the molecule is CCOc1ccc(C)cc1C(N)CCC1CCCCC1. The molecule has 2 rings (SSSR count). The van der Waals surface area contributed by atoms with Crippen molar-refractivity contribution in [2.24, 2.45) is 11.7 Å². The van der Waals surface area contributed by atoms with E-state index in [1.54, 1.807) is 0 Å². The summed E-state index contributed by atoms with van der Waals surface area (Å²) in [6, 6.07) is 6.46. The van der Waals surface area contributed by atoms with E-state index >= 15 is 0 Å². The summed E-state index contributed by atoms with van der Waals surface area (Å²) in [6.07, 6.45) is 9.39. The zero-order valence-corrected chi connectivity index (χ0v) is 13.0. The number of hydrogen-bond donors (Lipinski definition) is 1. The number of hydrogen-bond acceptors (Lipinski definition) is 2. The van der Waals surface area contributed by atoms with Crippen molar-refractivity contribution >= 4 is 0 Å². The van der Waals surface area contributed by atoms with Crippen molar-refractivity contribution in [3.63, 3.8) is 0 Å². The van der Waals surface area contributed by atoms with Crippen LogP contribution in [0.1, 0.15) is 69.0 Å². The highest BCUT2D eigenvalue weighted by atomic mass is 16.5. The third kappa shape index (κ3) is 4.24. The molecule has 20 heavy (non-hydrogen) atoms. The van der Waals surface area contributed by atoms with Crippen LogP contribution in [-0.4, -0.2) is 6.61 Å². The third-order valence-electron chi connectivity index (χ3n) is 4.48. The Kier molecular flexibility index (Phi) is 5.90. The summed E-state index contributed by atoms with van der Waals surface area (Å²) < 4.78 is 5.72. The van der Waals surface area contributed by atoms with Gasteiger partial charge in [0.25, 0.3) is 0 Å². The van der Waals surface area contributed by atoms with Crippen molar-refractivity contribution in [1.82, 2.24) is 0 Å². The van der Waals surface area contributed by atoms with Gasteiger partial charge < -0.3 is 10.5 Å². The Balaban J connectivity index is 1.96. The molecule has 1 fully saturated rings. The second-order valence-corrected chi connectivity index (χ2v) is 6.16. The number of aryl methyl sites for hydroxylation is 1. The van der Waals surface area contributed by atoms with Gasteiger partial charge in [0.1, 0.15) is 5.75 Å². The Labute approximate surface area is 123 Å². The summed E-state index contributed by atoms with van der Waals surface area (Å²) in [5, 5.41) is 0. The maximum atomic E-state index is 6.43. The first-order valence-electron chi connectivity index (χ1n) is 8.19. The highest BCUT2D eigenvalue weighted by Crippen LogP contribution is 2.32. The monoisotopic (exact) mass is 275 g/mol.